The summed E-state index contributed by atoms with van der Waals surface area (Å²) in [4.78, 5) is 33.8. The lowest BCUT2D eigenvalue weighted by molar-refractivity contribution is -0.384. The van der Waals surface area contributed by atoms with E-state index < -0.39 is 35.0 Å². The Morgan fingerprint density at radius 2 is 1.81 bits per heavy atom. The van der Waals surface area contributed by atoms with Gasteiger partial charge in [-0.15, -0.1) is 11.8 Å². The molecular weight excluding hydrogens is 382 g/mol. The van der Waals surface area contributed by atoms with Crippen molar-refractivity contribution in [1.29, 1.82) is 0 Å². The molecule has 0 aliphatic carbocycles. The minimum absolute atomic E-state index is 0.0194. The van der Waals surface area contributed by atoms with Crippen molar-refractivity contribution in [3.05, 3.63) is 64.2 Å². The molecule has 0 unspecified atom stereocenters. The quantitative estimate of drug-likeness (QED) is 0.317. The minimum atomic E-state index is -0.967. The van der Waals surface area contributed by atoms with Crippen molar-refractivity contribution in [3.63, 3.8) is 0 Å². The number of carbonyl (C=O) groups excluding carboxylic acids is 2. The van der Waals surface area contributed by atoms with Crippen LogP contribution in [0.5, 0.6) is 0 Å². The fraction of sp³-hybridized carbons (Fsp3) is 0.176. The molecule has 2 aromatic rings. The first-order valence-corrected chi connectivity index (χ1v) is 8.61. The molecule has 1 N–H and O–H groups in total. The van der Waals surface area contributed by atoms with E-state index in [0.29, 0.717) is 10.6 Å². The zero-order valence-corrected chi connectivity index (χ0v) is 14.6. The van der Waals surface area contributed by atoms with Crippen LogP contribution in [0.1, 0.15) is 6.42 Å². The van der Waals surface area contributed by atoms with Crippen molar-refractivity contribution < 1.29 is 28.0 Å². The fourth-order valence-corrected chi connectivity index (χ4v) is 2.76. The molecule has 0 saturated carbocycles. The largest absolute Gasteiger partial charge is 0.456 e. The number of esters is 1. The van der Waals surface area contributed by atoms with Crippen LogP contribution in [-0.2, 0) is 14.3 Å². The third-order valence-corrected chi connectivity index (χ3v) is 4.19. The van der Waals surface area contributed by atoms with Crippen LogP contribution in [0.4, 0.5) is 20.2 Å². The first-order chi connectivity index (χ1) is 12.8. The lowest BCUT2D eigenvalue weighted by Gasteiger charge is -2.07. The molecule has 0 bridgehead atoms. The molecule has 0 aliphatic rings. The number of rotatable bonds is 8. The number of nitrogens with zero attached hydrogens (tertiary/aromatic N) is 1. The van der Waals surface area contributed by atoms with Gasteiger partial charge in [0.15, 0.2) is 18.2 Å². The van der Waals surface area contributed by atoms with E-state index in [1.165, 1.54) is 30.3 Å². The molecule has 2 rings (SSSR count). The van der Waals surface area contributed by atoms with E-state index in [9.17, 15) is 28.5 Å². The molecule has 0 heterocycles. The van der Waals surface area contributed by atoms with E-state index in [-0.39, 0.29) is 17.9 Å². The van der Waals surface area contributed by atoms with Gasteiger partial charge in [-0.05, 0) is 30.3 Å². The molecule has 10 heteroatoms. The molecule has 27 heavy (non-hydrogen) atoms. The molecule has 142 valence electrons. The Morgan fingerprint density at radius 1 is 1.11 bits per heavy atom. The molecule has 1 amide bonds. The van der Waals surface area contributed by atoms with E-state index >= 15 is 0 Å². The summed E-state index contributed by atoms with van der Waals surface area (Å²) in [6, 6.07) is 8.61. The number of ether oxygens (including phenoxy) is 1. The number of carbonyl (C=O) groups is 2. The SMILES string of the molecule is O=C(COC(=O)CCSc1ccc(F)c(F)c1)Nc1ccc([N+](=O)[O-])cc1. The topological polar surface area (TPSA) is 98.5 Å². The van der Waals surface area contributed by atoms with Gasteiger partial charge in [-0.2, -0.15) is 0 Å². The molecule has 0 radical (unpaired) electrons. The standard InChI is InChI=1S/C17H14F2N2O5S/c18-14-6-5-13(9-15(14)19)27-8-7-17(23)26-10-16(22)20-11-1-3-12(4-2-11)21(24)25/h1-6,9H,7-8,10H2,(H,20,22). The van der Waals surface area contributed by atoms with Crippen LogP contribution in [0.3, 0.4) is 0 Å². The average molecular weight is 396 g/mol. The number of nitrogens with one attached hydrogen (secondary N) is 1. The Morgan fingerprint density at radius 3 is 2.44 bits per heavy atom. The number of hydrogen-bond acceptors (Lipinski definition) is 6. The minimum Gasteiger partial charge on any atom is -0.456 e. The molecule has 0 fully saturated rings. The summed E-state index contributed by atoms with van der Waals surface area (Å²) in [7, 11) is 0. The molecule has 0 spiro atoms. The fourth-order valence-electron chi connectivity index (χ4n) is 1.90. The summed E-state index contributed by atoms with van der Waals surface area (Å²) in [5, 5.41) is 13.0. The zero-order valence-electron chi connectivity index (χ0n) is 13.8. The van der Waals surface area contributed by atoms with Crippen molar-refractivity contribution in [2.24, 2.45) is 0 Å². The van der Waals surface area contributed by atoms with Gasteiger partial charge in [0.2, 0.25) is 0 Å². The van der Waals surface area contributed by atoms with Crippen LogP contribution in [0.2, 0.25) is 0 Å². The predicted octanol–water partition coefficient (Wildman–Crippen LogP) is 3.54. The molecule has 2 aromatic carbocycles. The lowest BCUT2D eigenvalue weighted by Crippen LogP contribution is -2.21. The first kappa shape index (κ1) is 20.3. The molecule has 0 saturated heterocycles. The van der Waals surface area contributed by atoms with Crippen LogP contribution >= 0.6 is 11.8 Å². The van der Waals surface area contributed by atoms with Crippen LogP contribution in [-0.4, -0.2) is 29.2 Å². The average Bonchev–Trinajstić information content (AvgIpc) is 2.63. The number of thioether (sulfide) groups is 1. The summed E-state index contributed by atoms with van der Waals surface area (Å²) < 4.78 is 30.7. The highest BCUT2D eigenvalue weighted by atomic mass is 32.2. The van der Waals surface area contributed by atoms with Crippen molar-refractivity contribution >= 4 is 35.0 Å². The molecule has 7 nitrogen and oxygen atoms in total. The van der Waals surface area contributed by atoms with Gasteiger partial charge in [0.1, 0.15) is 0 Å². The van der Waals surface area contributed by atoms with Gasteiger partial charge in [-0.25, -0.2) is 8.78 Å². The summed E-state index contributed by atoms with van der Waals surface area (Å²) in [6.07, 6.45) is -0.0194. The van der Waals surface area contributed by atoms with Gasteiger partial charge in [0.25, 0.3) is 11.6 Å². The number of benzene rings is 2. The monoisotopic (exact) mass is 396 g/mol. The smallest absolute Gasteiger partial charge is 0.307 e. The number of nitro benzene ring substituents is 1. The van der Waals surface area contributed by atoms with E-state index in [2.05, 4.69) is 5.32 Å². The number of anilines is 1. The van der Waals surface area contributed by atoms with Crippen LogP contribution in [0, 0.1) is 21.7 Å². The number of halogens is 2. The van der Waals surface area contributed by atoms with E-state index in [1.807, 2.05) is 0 Å². The van der Waals surface area contributed by atoms with Gasteiger partial charge >= 0.3 is 5.97 Å². The molecule has 0 atom stereocenters. The number of amides is 1. The highest BCUT2D eigenvalue weighted by Gasteiger charge is 2.10. The Kier molecular flexibility index (Phi) is 7.24. The third kappa shape index (κ3) is 6.66. The maximum Gasteiger partial charge on any atom is 0.307 e. The third-order valence-electron chi connectivity index (χ3n) is 3.19. The van der Waals surface area contributed by atoms with Crippen LogP contribution in [0.25, 0.3) is 0 Å². The van der Waals surface area contributed by atoms with Crippen LogP contribution < -0.4 is 5.32 Å². The highest BCUT2D eigenvalue weighted by Crippen LogP contribution is 2.21. The predicted molar refractivity (Wildman–Crippen MR) is 94.4 cm³/mol. The Labute approximate surface area is 156 Å². The lowest BCUT2D eigenvalue weighted by atomic mass is 10.3. The Bertz CT molecular complexity index is 846. The second-order valence-corrected chi connectivity index (χ2v) is 6.36. The van der Waals surface area contributed by atoms with Crippen molar-refractivity contribution in [1.82, 2.24) is 0 Å². The van der Waals surface area contributed by atoms with Crippen molar-refractivity contribution in [3.8, 4) is 0 Å². The van der Waals surface area contributed by atoms with Gasteiger partial charge in [0.05, 0.1) is 11.3 Å². The number of hydrogen-bond donors (Lipinski definition) is 1. The van der Waals surface area contributed by atoms with Crippen molar-refractivity contribution in [2.45, 2.75) is 11.3 Å². The van der Waals surface area contributed by atoms with E-state index in [0.717, 1.165) is 23.9 Å². The first-order valence-electron chi connectivity index (χ1n) is 7.63. The van der Waals surface area contributed by atoms with Gasteiger partial charge in [0, 0.05) is 28.5 Å². The number of nitro groups is 1. The molecule has 0 aromatic heterocycles. The van der Waals surface area contributed by atoms with Gasteiger partial charge in [-0.1, -0.05) is 0 Å². The Balaban J connectivity index is 1.69. The van der Waals surface area contributed by atoms with Crippen molar-refractivity contribution in [2.75, 3.05) is 17.7 Å². The molecular formula is C17H14F2N2O5S. The second-order valence-electron chi connectivity index (χ2n) is 5.19. The molecule has 0 aliphatic heterocycles. The summed E-state index contributed by atoms with van der Waals surface area (Å²) >= 11 is 1.15. The highest BCUT2D eigenvalue weighted by molar-refractivity contribution is 7.99. The summed E-state index contributed by atoms with van der Waals surface area (Å²) in [6.45, 7) is -0.508. The summed E-state index contributed by atoms with van der Waals surface area (Å²) in [5.74, 6) is -2.86. The van der Waals surface area contributed by atoms with E-state index in [4.69, 9.17) is 4.74 Å². The second kappa shape index (κ2) is 9.62. The summed E-state index contributed by atoms with van der Waals surface area (Å²) in [5.41, 5.74) is 0.216. The normalized spacial score (nSPS) is 10.3. The zero-order chi connectivity index (χ0) is 19.8. The van der Waals surface area contributed by atoms with Crippen LogP contribution in [0.15, 0.2) is 47.4 Å². The number of non-ortho nitro benzene ring substituents is 1. The van der Waals surface area contributed by atoms with E-state index in [1.54, 1.807) is 0 Å². The maximum absolute atomic E-state index is 13.1. The Hall–Kier alpha value is -3.01. The van der Waals surface area contributed by atoms with Gasteiger partial charge < -0.3 is 10.1 Å². The maximum atomic E-state index is 13.1. The van der Waals surface area contributed by atoms with Gasteiger partial charge in [-0.3, -0.25) is 19.7 Å².